The van der Waals surface area contributed by atoms with Crippen molar-refractivity contribution < 1.29 is 14.0 Å². The third kappa shape index (κ3) is 4.96. The van der Waals surface area contributed by atoms with Crippen LogP contribution < -0.4 is 0 Å². The van der Waals surface area contributed by atoms with Crippen molar-refractivity contribution in [3.05, 3.63) is 107 Å². The predicted octanol–water partition coefficient (Wildman–Crippen LogP) is 4.42. The Kier molecular flexibility index (Phi) is 6.04. The molecule has 5 nitrogen and oxygen atoms in total. The molecule has 0 N–H and O–H groups in total. The van der Waals surface area contributed by atoms with Crippen LogP contribution in [0.25, 0.3) is 0 Å². The lowest BCUT2D eigenvalue weighted by molar-refractivity contribution is -0.143. The lowest BCUT2D eigenvalue weighted by Gasteiger charge is -2.25. The lowest BCUT2D eigenvalue weighted by atomic mass is 10.0. The van der Waals surface area contributed by atoms with E-state index in [0.717, 1.165) is 16.8 Å². The summed E-state index contributed by atoms with van der Waals surface area (Å²) in [6, 6.07) is 24.9. The highest BCUT2D eigenvalue weighted by atomic mass is 19.1. The first-order valence-electron chi connectivity index (χ1n) is 9.93. The van der Waals surface area contributed by atoms with Crippen LogP contribution in [0, 0.1) is 17.1 Å². The van der Waals surface area contributed by atoms with Crippen LogP contribution in [0.3, 0.4) is 0 Å². The van der Waals surface area contributed by atoms with Crippen LogP contribution in [0.5, 0.6) is 0 Å². The topological polar surface area (TPSA) is 65.7 Å². The van der Waals surface area contributed by atoms with Crippen molar-refractivity contribution in [2.45, 2.75) is 25.6 Å². The van der Waals surface area contributed by atoms with Gasteiger partial charge in [0.2, 0.25) is 6.10 Å². The van der Waals surface area contributed by atoms with E-state index in [0.29, 0.717) is 24.1 Å². The van der Waals surface area contributed by atoms with E-state index in [1.165, 1.54) is 12.1 Å². The summed E-state index contributed by atoms with van der Waals surface area (Å²) in [4.78, 5) is 20.4. The average Bonchev–Trinajstić information content (AvgIpc) is 3.30. The zero-order chi connectivity index (χ0) is 21.6. The molecule has 0 radical (unpaired) electrons. The van der Waals surface area contributed by atoms with E-state index in [-0.39, 0.29) is 18.3 Å². The quantitative estimate of drug-likeness (QED) is 0.601. The fraction of sp³-hybridized carbons (Fsp3) is 0.160. The number of hydrogen-bond acceptors (Lipinski definition) is 4. The molecule has 3 aromatic carbocycles. The fourth-order valence-electron chi connectivity index (χ4n) is 3.49. The first kappa shape index (κ1) is 20.3. The molecule has 0 aromatic heterocycles. The molecule has 0 spiro atoms. The Hall–Kier alpha value is -3.98. The SMILES string of the molecule is N#Cc1ccc(CN(Cc2cccc(F)c2)C(=O)C2CC(c3ccccc3)=NO2)cc1. The molecule has 3 aromatic rings. The second-order valence-electron chi connectivity index (χ2n) is 7.34. The average molecular weight is 413 g/mol. The molecule has 1 unspecified atom stereocenters. The van der Waals surface area contributed by atoms with Gasteiger partial charge < -0.3 is 9.74 Å². The van der Waals surface area contributed by atoms with Crippen molar-refractivity contribution in [1.82, 2.24) is 4.90 Å². The Morgan fingerprint density at radius 3 is 2.48 bits per heavy atom. The van der Waals surface area contributed by atoms with Crippen LogP contribution in [0.1, 0.15) is 28.7 Å². The van der Waals surface area contributed by atoms with Crippen LogP contribution in [0.15, 0.2) is 84.0 Å². The van der Waals surface area contributed by atoms with Gasteiger partial charge in [-0.2, -0.15) is 5.26 Å². The number of amides is 1. The van der Waals surface area contributed by atoms with Gasteiger partial charge in [-0.1, -0.05) is 59.8 Å². The number of nitriles is 1. The lowest BCUT2D eigenvalue weighted by Crippen LogP contribution is -2.38. The Bertz CT molecular complexity index is 1140. The Labute approximate surface area is 180 Å². The first-order chi connectivity index (χ1) is 15.1. The molecule has 0 saturated heterocycles. The number of carbonyl (C=O) groups excluding carboxylic acids is 1. The molecule has 6 heteroatoms. The first-order valence-corrected chi connectivity index (χ1v) is 9.93. The molecule has 0 bridgehead atoms. The van der Waals surface area contributed by atoms with Crippen LogP contribution >= 0.6 is 0 Å². The van der Waals surface area contributed by atoms with Gasteiger partial charge in [-0.15, -0.1) is 0 Å². The molecule has 0 saturated carbocycles. The predicted molar refractivity (Wildman–Crippen MR) is 114 cm³/mol. The van der Waals surface area contributed by atoms with E-state index in [9.17, 15) is 9.18 Å². The zero-order valence-corrected chi connectivity index (χ0v) is 16.7. The molecule has 0 aliphatic carbocycles. The number of oxime groups is 1. The van der Waals surface area contributed by atoms with Crippen molar-refractivity contribution in [1.29, 1.82) is 5.26 Å². The summed E-state index contributed by atoms with van der Waals surface area (Å²) in [5, 5.41) is 13.1. The molecule has 1 amide bonds. The maximum Gasteiger partial charge on any atom is 0.267 e. The summed E-state index contributed by atoms with van der Waals surface area (Å²) in [5.41, 5.74) is 3.74. The molecule has 1 atom stereocenters. The fourth-order valence-corrected chi connectivity index (χ4v) is 3.49. The van der Waals surface area contributed by atoms with E-state index in [2.05, 4.69) is 11.2 Å². The van der Waals surface area contributed by atoms with Crippen molar-refractivity contribution in [3.8, 4) is 6.07 Å². The van der Waals surface area contributed by atoms with Crippen LogP contribution in [0.2, 0.25) is 0 Å². The van der Waals surface area contributed by atoms with Gasteiger partial charge in [0, 0.05) is 19.5 Å². The Morgan fingerprint density at radius 1 is 1.03 bits per heavy atom. The van der Waals surface area contributed by atoms with Gasteiger partial charge >= 0.3 is 0 Å². The summed E-state index contributed by atoms with van der Waals surface area (Å²) in [5.74, 6) is -0.571. The van der Waals surface area contributed by atoms with E-state index in [4.69, 9.17) is 10.1 Å². The third-order valence-electron chi connectivity index (χ3n) is 5.08. The van der Waals surface area contributed by atoms with Gasteiger partial charge in [-0.25, -0.2) is 4.39 Å². The van der Waals surface area contributed by atoms with Gasteiger partial charge in [0.05, 0.1) is 17.3 Å². The minimum absolute atomic E-state index is 0.219. The van der Waals surface area contributed by atoms with Crippen molar-refractivity contribution >= 4 is 11.6 Å². The van der Waals surface area contributed by atoms with Crippen LogP contribution in [-0.2, 0) is 22.7 Å². The summed E-state index contributed by atoms with van der Waals surface area (Å²) < 4.78 is 13.7. The number of hydrogen-bond donors (Lipinski definition) is 0. The minimum Gasteiger partial charge on any atom is -0.382 e. The summed E-state index contributed by atoms with van der Waals surface area (Å²) in [6.45, 7) is 0.540. The van der Waals surface area contributed by atoms with Gasteiger partial charge in [-0.3, -0.25) is 4.79 Å². The van der Waals surface area contributed by atoms with Crippen molar-refractivity contribution in [3.63, 3.8) is 0 Å². The molecule has 4 rings (SSSR count). The van der Waals surface area contributed by atoms with E-state index in [1.807, 2.05) is 42.5 Å². The van der Waals surface area contributed by atoms with Crippen LogP contribution in [-0.4, -0.2) is 22.6 Å². The number of halogens is 1. The van der Waals surface area contributed by atoms with Crippen molar-refractivity contribution in [2.24, 2.45) is 5.16 Å². The van der Waals surface area contributed by atoms with E-state index < -0.39 is 6.10 Å². The minimum atomic E-state index is -0.734. The standard InChI is InChI=1S/C25H20FN3O2/c26-22-8-4-5-20(13-22)17-29(16-19-11-9-18(15-27)10-12-19)25(30)24-14-23(28-31-24)21-6-2-1-3-7-21/h1-13,24H,14,16-17H2. The highest BCUT2D eigenvalue weighted by molar-refractivity contribution is 6.04. The normalized spacial score (nSPS) is 15.0. The largest absolute Gasteiger partial charge is 0.382 e. The van der Waals surface area contributed by atoms with Gasteiger partial charge in [-0.05, 0) is 41.0 Å². The number of benzene rings is 3. The maximum atomic E-state index is 13.7. The molecule has 154 valence electrons. The number of nitrogens with zero attached hydrogens (tertiary/aromatic N) is 3. The van der Waals surface area contributed by atoms with E-state index >= 15 is 0 Å². The highest BCUT2D eigenvalue weighted by Crippen LogP contribution is 2.21. The maximum absolute atomic E-state index is 13.7. The smallest absolute Gasteiger partial charge is 0.267 e. The molecule has 31 heavy (non-hydrogen) atoms. The summed E-state index contributed by atoms with van der Waals surface area (Å²) in [7, 11) is 0. The molecular formula is C25H20FN3O2. The monoisotopic (exact) mass is 413 g/mol. The van der Waals surface area contributed by atoms with Crippen LogP contribution in [0.4, 0.5) is 4.39 Å². The molecular weight excluding hydrogens is 393 g/mol. The molecule has 0 fully saturated rings. The van der Waals surface area contributed by atoms with Crippen molar-refractivity contribution in [2.75, 3.05) is 0 Å². The third-order valence-corrected chi connectivity index (χ3v) is 5.08. The zero-order valence-electron chi connectivity index (χ0n) is 16.7. The second-order valence-corrected chi connectivity index (χ2v) is 7.34. The molecule has 1 heterocycles. The summed E-state index contributed by atoms with van der Waals surface area (Å²) >= 11 is 0. The number of rotatable bonds is 6. The van der Waals surface area contributed by atoms with Gasteiger partial charge in [0.15, 0.2) is 0 Å². The molecule has 1 aliphatic heterocycles. The Balaban J connectivity index is 1.53. The number of carbonyl (C=O) groups is 1. The second kappa shape index (κ2) is 9.23. The summed E-state index contributed by atoms with van der Waals surface area (Å²) in [6.07, 6.45) is -0.363. The highest BCUT2D eigenvalue weighted by Gasteiger charge is 2.32. The van der Waals surface area contributed by atoms with E-state index in [1.54, 1.807) is 29.2 Å². The van der Waals surface area contributed by atoms with Gasteiger partial charge in [0.1, 0.15) is 5.82 Å². The Morgan fingerprint density at radius 2 is 1.77 bits per heavy atom. The van der Waals surface area contributed by atoms with Gasteiger partial charge in [0.25, 0.3) is 5.91 Å². The molecule has 1 aliphatic rings.